The molecule has 1 aliphatic rings. The quantitative estimate of drug-likeness (QED) is 0.769. The summed E-state index contributed by atoms with van der Waals surface area (Å²) in [7, 11) is 0. The second-order valence-electron chi connectivity index (χ2n) is 5.30. The van der Waals surface area contributed by atoms with Crippen LogP contribution in [0.1, 0.15) is 31.2 Å². The number of carbonyl (C=O) groups excluding carboxylic acids is 1. The highest BCUT2D eigenvalue weighted by atomic mass is 35.5. The van der Waals surface area contributed by atoms with Crippen molar-refractivity contribution in [3.8, 4) is 0 Å². The lowest BCUT2D eigenvalue weighted by atomic mass is 9.93. The third-order valence-electron chi connectivity index (χ3n) is 3.56. The number of anilines is 1. The lowest BCUT2D eigenvalue weighted by molar-refractivity contribution is -0.137. The van der Waals surface area contributed by atoms with Crippen LogP contribution in [0.2, 0.25) is 5.02 Å². The van der Waals surface area contributed by atoms with E-state index in [4.69, 9.17) is 11.6 Å². The van der Waals surface area contributed by atoms with Crippen LogP contribution in [0.3, 0.4) is 0 Å². The number of rotatable bonds is 2. The van der Waals surface area contributed by atoms with Gasteiger partial charge in [0.05, 0.1) is 16.7 Å². The largest absolute Gasteiger partial charge is 0.417 e. The molecule has 0 bridgehead atoms. The molecule has 1 aromatic rings. The Hall–Kier alpha value is -1.47. The molecule has 0 heterocycles. The van der Waals surface area contributed by atoms with Crippen molar-refractivity contribution in [2.24, 2.45) is 0 Å². The zero-order chi connectivity index (χ0) is 16.3. The Morgan fingerprint density at radius 2 is 1.86 bits per heavy atom. The van der Waals surface area contributed by atoms with Crippen molar-refractivity contribution in [3.63, 3.8) is 0 Å². The first kappa shape index (κ1) is 16.9. The number of aliphatic hydroxyl groups is 1. The van der Waals surface area contributed by atoms with Gasteiger partial charge in [0.1, 0.15) is 0 Å². The minimum atomic E-state index is -4.58. The summed E-state index contributed by atoms with van der Waals surface area (Å²) in [6.45, 7) is 0. The molecule has 122 valence electrons. The van der Waals surface area contributed by atoms with Crippen LogP contribution in [-0.2, 0) is 6.18 Å². The molecular weight excluding hydrogens is 321 g/mol. The minimum Gasteiger partial charge on any atom is -0.393 e. The first-order chi connectivity index (χ1) is 10.3. The molecule has 0 unspecified atom stereocenters. The molecule has 8 heteroatoms. The van der Waals surface area contributed by atoms with Crippen LogP contribution in [0.5, 0.6) is 0 Å². The van der Waals surface area contributed by atoms with Gasteiger partial charge in [-0.05, 0) is 43.9 Å². The van der Waals surface area contributed by atoms with E-state index in [1.54, 1.807) is 0 Å². The van der Waals surface area contributed by atoms with Crippen LogP contribution >= 0.6 is 11.6 Å². The monoisotopic (exact) mass is 336 g/mol. The number of nitrogens with one attached hydrogen (secondary N) is 2. The molecule has 0 radical (unpaired) electrons. The number of carbonyl (C=O) groups is 1. The number of urea groups is 1. The molecule has 1 saturated carbocycles. The molecule has 1 aromatic carbocycles. The average molecular weight is 337 g/mol. The van der Waals surface area contributed by atoms with Crippen molar-refractivity contribution in [1.82, 2.24) is 5.32 Å². The van der Waals surface area contributed by atoms with Gasteiger partial charge < -0.3 is 15.7 Å². The molecule has 22 heavy (non-hydrogen) atoms. The Balaban J connectivity index is 1.97. The summed E-state index contributed by atoms with van der Waals surface area (Å²) in [5.74, 6) is 0. The van der Waals surface area contributed by atoms with E-state index in [-0.39, 0.29) is 17.8 Å². The number of amides is 2. The SMILES string of the molecule is O=C(Nc1ccc(Cl)c(C(F)(F)F)c1)N[C@H]1CC[C@H](O)CC1. The van der Waals surface area contributed by atoms with Crippen molar-refractivity contribution >= 4 is 23.3 Å². The lowest BCUT2D eigenvalue weighted by Gasteiger charge is -2.26. The van der Waals surface area contributed by atoms with E-state index in [0.717, 1.165) is 12.1 Å². The number of alkyl halides is 3. The lowest BCUT2D eigenvalue weighted by Crippen LogP contribution is -2.40. The van der Waals surface area contributed by atoms with Gasteiger partial charge in [0.15, 0.2) is 0 Å². The summed E-state index contributed by atoms with van der Waals surface area (Å²) < 4.78 is 38.2. The number of benzene rings is 1. The summed E-state index contributed by atoms with van der Waals surface area (Å²) in [6.07, 6.45) is -2.43. The molecular formula is C14H16ClF3N2O2. The summed E-state index contributed by atoms with van der Waals surface area (Å²) in [6, 6.07) is 2.54. The zero-order valence-corrected chi connectivity index (χ0v) is 12.3. The van der Waals surface area contributed by atoms with Gasteiger partial charge in [-0.25, -0.2) is 4.79 Å². The summed E-state index contributed by atoms with van der Waals surface area (Å²) >= 11 is 5.51. The number of halogens is 4. The third-order valence-corrected chi connectivity index (χ3v) is 3.89. The minimum absolute atomic E-state index is 0.0186. The standard InChI is InChI=1S/C14H16ClF3N2O2/c15-12-6-3-9(7-11(12)14(16,17)18)20-13(22)19-8-1-4-10(21)5-2-8/h3,6-8,10,21H,1-2,4-5H2,(H2,19,20,22)/t8-,10-. The Kier molecular flexibility index (Phi) is 5.18. The first-order valence-corrected chi connectivity index (χ1v) is 7.26. The van der Waals surface area contributed by atoms with Gasteiger partial charge in [-0.3, -0.25) is 0 Å². The van der Waals surface area contributed by atoms with Crippen LogP contribution in [0.15, 0.2) is 18.2 Å². The predicted octanol–water partition coefficient (Wildman–Crippen LogP) is 3.78. The van der Waals surface area contributed by atoms with Crippen molar-refractivity contribution in [3.05, 3.63) is 28.8 Å². The highest BCUT2D eigenvalue weighted by Gasteiger charge is 2.33. The van der Waals surface area contributed by atoms with Gasteiger partial charge in [0, 0.05) is 11.7 Å². The fourth-order valence-electron chi connectivity index (χ4n) is 2.39. The maximum absolute atomic E-state index is 12.7. The van der Waals surface area contributed by atoms with Gasteiger partial charge in [-0.1, -0.05) is 11.6 Å². The molecule has 0 saturated heterocycles. The molecule has 2 amide bonds. The van der Waals surface area contributed by atoms with Crippen molar-refractivity contribution in [1.29, 1.82) is 0 Å². The number of hydrogen-bond acceptors (Lipinski definition) is 2. The topological polar surface area (TPSA) is 61.4 Å². The fraction of sp³-hybridized carbons (Fsp3) is 0.500. The van der Waals surface area contributed by atoms with Gasteiger partial charge in [0.25, 0.3) is 0 Å². The van der Waals surface area contributed by atoms with E-state index < -0.39 is 22.8 Å². The highest BCUT2D eigenvalue weighted by molar-refractivity contribution is 6.31. The van der Waals surface area contributed by atoms with E-state index in [0.29, 0.717) is 25.7 Å². The normalized spacial score (nSPS) is 22.2. The molecule has 1 fully saturated rings. The molecule has 0 atom stereocenters. The Labute approximate surface area is 130 Å². The molecule has 2 rings (SSSR count). The predicted molar refractivity (Wildman–Crippen MR) is 76.9 cm³/mol. The van der Waals surface area contributed by atoms with Gasteiger partial charge in [0.2, 0.25) is 0 Å². The molecule has 3 N–H and O–H groups in total. The van der Waals surface area contributed by atoms with Crippen molar-refractivity contribution in [2.75, 3.05) is 5.32 Å². The van der Waals surface area contributed by atoms with Crippen molar-refractivity contribution in [2.45, 2.75) is 44.0 Å². The fourth-order valence-corrected chi connectivity index (χ4v) is 2.62. The average Bonchev–Trinajstić information content (AvgIpc) is 2.42. The van der Waals surface area contributed by atoms with E-state index in [9.17, 15) is 23.1 Å². The molecule has 4 nitrogen and oxygen atoms in total. The van der Waals surface area contributed by atoms with Gasteiger partial charge >= 0.3 is 12.2 Å². The maximum Gasteiger partial charge on any atom is 0.417 e. The van der Waals surface area contributed by atoms with Gasteiger partial charge in [-0.2, -0.15) is 13.2 Å². The number of aliphatic hydroxyl groups excluding tert-OH is 1. The van der Waals surface area contributed by atoms with Crippen LogP contribution in [0.4, 0.5) is 23.7 Å². The highest BCUT2D eigenvalue weighted by Crippen LogP contribution is 2.36. The Morgan fingerprint density at radius 1 is 1.23 bits per heavy atom. The molecule has 0 aliphatic heterocycles. The smallest absolute Gasteiger partial charge is 0.393 e. The van der Waals surface area contributed by atoms with E-state index >= 15 is 0 Å². The van der Waals surface area contributed by atoms with Gasteiger partial charge in [-0.15, -0.1) is 0 Å². The van der Waals surface area contributed by atoms with E-state index in [2.05, 4.69) is 10.6 Å². The zero-order valence-electron chi connectivity index (χ0n) is 11.6. The summed E-state index contributed by atoms with van der Waals surface area (Å²) in [5.41, 5.74) is -0.974. The summed E-state index contributed by atoms with van der Waals surface area (Å²) in [5, 5.41) is 14.0. The maximum atomic E-state index is 12.7. The Bertz CT molecular complexity index is 543. The number of hydrogen-bond donors (Lipinski definition) is 3. The molecule has 0 aromatic heterocycles. The van der Waals surface area contributed by atoms with Crippen LogP contribution in [0.25, 0.3) is 0 Å². The van der Waals surface area contributed by atoms with Crippen LogP contribution in [-0.4, -0.2) is 23.3 Å². The van der Waals surface area contributed by atoms with Crippen molar-refractivity contribution < 1.29 is 23.1 Å². The molecule has 0 spiro atoms. The third kappa shape index (κ3) is 4.51. The van der Waals surface area contributed by atoms with Crippen LogP contribution < -0.4 is 10.6 Å². The molecule has 1 aliphatic carbocycles. The Morgan fingerprint density at radius 3 is 2.45 bits per heavy atom. The first-order valence-electron chi connectivity index (χ1n) is 6.88. The second kappa shape index (κ2) is 6.75. The van der Waals surface area contributed by atoms with E-state index in [1.165, 1.54) is 6.07 Å². The van der Waals surface area contributed by atoms with E-state index in [1.807, 2.05) is 0 Å². The second-order valence-corrected chi connectivity index (χ2v) is 5.70. The van der Waals surface area contributed by atoms with Crippen LogP contribution in [0, 0.1) is 0 Å². The summed E-state index contributed by atoms with van der Waals surface area (Å²) in [4.78, 5) is 11.8.